The molecule has 0 bridgehead atoms. The van der Waals surface area contributed by atoms with E-state index >= 15 is 0 Å². The molecule has 0 atom stereocenters. The van der Waals surface area contributed by atoms with Gasteiger partial charge < -0.3 is 0 Å². The SMILES string of the molecule is Cc1ccsc1C=NNC(=O)c1cc(-c2cccnc2)nc2ccccc12. The van der Waals surface area contributed by atoms with Gasteiger partial charge in [0.2, 0.25) is 0 Å². The lowest BCUT2D eigenvalue weighted by molar-refractivity contribution is 0.0956. The number of pyridine rings is 2. The molecule has 0 spiro atoms. The Morgan fingerprint density at radius 2 is 2.07 bits per heavy atom. The fourth-order valence-corrected chi connectivity index (χ4v) is 3.54. The Kier molecular flexibility index (Phi) is 4.72. The van der Waals surface area contributed by atoms with Crippen molar-refractivity contribution in [3.63, 3.8) is 0 Å². The maximum absolute atomic E-state index is 12.8. The number of carbonyl (C=O) groups is 1. The van der Waals surface area contributed by atoms with E-state index in [1.54, 1.807) is 36.0 Å². The molecule has 5 nitrogen and oxygen atoms in total. The summed E-state index contributed by atoms with van der Waals surface area (Å²) in [5.41, 5.74) is 6.59. The number of nitrogens with zero attached hydrogens (tertiary/aromatic N) is 3. The normalized spacial score (nSPS) is 11.1. The smallest absolute Gasteiger partial charge is 0.267 e. The van der Waals surface area contributed by atoms with Crippen molar-refractivity contribution >= 4 is 34.4 Å². The Morgan fingerprint density at radius 3 is 2.85 bits per heavy atom. The van der Waals surface area contributed by atoms with Crippen molar-refractivity contribution in [3.05, 3.63) is 82.3 Å². The maximum atomic E-state index is 12.8. The standard InChI is InChI=1S/C21H16N4OS/c1-14-8-10-27-20(14)13-23-25-21(26)17-11-19(15-5-4-9-22-12-15)24-18-7-3-2-6-16(17)18/h2-13H,1H3,(H,25,26). The summed E-state index contributed by atoms with van der Waals surface area (Å²) in [5, 5.41) is 6.89. The number of hydrazone groups is 1. The molecule has 0 aliphatic carbocycles. The van der Waals surface area contributed by atoms with Crippen LogP contribution in [0.1, 0.15) is 20.8 Å². The van der Waals surface area contributed by atoms with Crippen LogP contribution in [0, 0.1) is 6.92 Å². The highest BCUT2D eigenvalue weighted by atomic mass is 32.1. The van der Waals surface area contributed by atoms with Crippen LogP contribution >= 0.6 is 11.3 Å². The Hall–Kier alpha value is -3.38. The summed E-state index contributed by atoms with van der Waals surface area (Å²) in [6.07, 6.45) is 5.11. The number of carbonyl (C=O) groups excluding carboxylic acids is 1. The van der Waals surface area contributed by atoms with Gasteiger partial charge in [0, 0.05) is 28.2 Å². The van der Waals surface area contributed by atoms with E-state index in [4.69, 9.17) is 0 Å². The molecule has 27 heavy (non-hydrogen) atoms. The summed E-state index contributed by atoms with van der Waals surface area (Å²) in [6.45, 7) is 2.01. The number of aromatic nitrogens is 2. The number of para-hydroxylation sites is 1. The van der Waals surface area contributed by atoms with Crippen molar-refractivity contribution in [2.45, 2.75) is 6.92 Å². The Morgan fingerprint density at radius 1 is 1.19 bits per heavy atom. The molecule has 132 valence electrons. The number of hydrogen-bond acceptors (Lipinski definition) is 5. The van der Waals surface area contributed by atoms with Crippen molar-refractivity contribution in [2.75, 3.05) is 0 Å². The zero-order valence-corrected chi connectivity index (χ0v) is 15.4. The van der Waals surface area contributed by atoms with Crippen LogP contribution in [0.3, 0.4) is 0 Å². The summed E-state index contributed by atoms with van der Waals surface area (Å²) in [4.78, 5) is 22.6. The first-order valence-electron chi connectivity index (χ1n) is 8.40. The Balaban J connectivity index is 1.70. The molecule has 0 fully saturated rings. The van der Waals surface area contributed by atoms with Gasteiger partial charge in [0.25, 0.3) is 5.91 Å². The molecule has 0 aliphatic rings. The molecule has 0 aliphatic heterocycles. The number of benzene rings is 1. The third-order valence-electron chi connectivity index (χ3n) is 4.17. The van der Waals surface area contributed by atoms with Crippen LogP contribution in [0.25, 0.3) is 22.2 Å². The fraction of sp³-hybridized carbons (Fsp3) is 0.0476. The van der Waals surface area contributed by atoms with Crippen LogP contribution < -0.4 is 5.43 Å². The third kappa shape index (κ3) is 3.61. The minimum absolute atomic E-state index is 0.274. The number of thiophene rings is 1. The van der Waals surface area contributed by atoms with E-state index < -0.39 is 0 Å². The van der Waals surface area contributed by atoms with Crippen molar-refractivity contribution in [1.29, 1.82) is 0 Å². The quantitative estimate of drug-likeness (QED) is 0.426. The van der Waals surface area contributed by atoms with Crippen LogP contribution in [0.2, 0.25) is 0 Å². The van der Waals surface area contributed by atoms with Gasteiger partial charge in [0.1, 0.15) is 0 Å². The summed E-state index contributed by atoms with van der Waals surface area (Å²) < 4.78 is 0. The number of fused-ring (bicyclic) bond motifs is 1. The fourth-order valence-electron chi connectivity index (χ4n) is 2.75. The first kappa shape index (κ1) is 17.1. The molecule has 1 amide bonds. The third-order valence-corrected chi connectivity index (χ3v) is 5.12. The second kappa shape index (κ2) is 7.47. The lowest BCUT2D eigenvalue weighted by atomic mass is 10.0. The van der Waals surface area contributed by atoms with Gasteiger partial charge in [-0.25, -0.2) is 10.4 Å². The number of hydrogen-bond donors (Lipinski definition) is 1. The van der Waals surface area contributed by atoms with Gasteiger partial charge in [-0.05, 0) is 48.2 Å². The molecule has 4 rings (SSSR count). The number of rotatable bonds is 4. The maximum Gasteiger partial charge on any atom is 0.272 e. The van der Waals surface area contributed by atoms with E-state index in [1.165, 1.54) is 0 Å². The molecule has 6 heteroatoms. The van der Waals surface area contributed by atoms with Gasteiger partial charge >= 0.3 is 0 Å². The average Bonchev–Trinajstić information content (AvgIpc) is 3.12. The van der Waals surface area contributed by atoms with E-state index in [9.17, 15) is 4.79 Å². The zero-order valence-electron chi connectivity index (χ0n) is 14.6. The van der Waals surface area contributed by atoms with Gasteiger partial charge in [-0.2, -0.15) is 5.10 Å². The molecule has 3 heterocycles. The second-order valence-electron chi connectivity index (χ2n) is 5.98. The minimum atomic E-state index is -0.274. The number of nitrogens with one attached hydrogen (secondary N) is 1. The minimum Gasteiger partial charge on any atom is -0.267 e. The molecule has 0 saturated heterocycles. The van der Waals surface area contributed by atoms with E-state index in [0.717, 1.165) is 26.9 Å². The number of aryl methyl sites for hydroxylation is 1. The van der Waals surface area contributed by atoms with Crippen molar-refractivity contribution in [1.82, 2.24) is 15.4 Å². The highest BCUT2D eigenvalue weighted by Crippen LogP contribution is 2.24. The molecule has 0 saturated carbocycles. The lowest BCUT2D eigenvalue weighted by Crippen LogP contribution is -2.18. The van der Waals surface area contributed by atoms with Crippen molar-refractivity contribution < 1.29 is 4.79 Å². The van der Waals surface area contributed by atoms with E-state index in [-0.39, 0.29) is 5.91 Å². The largest absolute Gasteiger partial charge is 0.272 e. The van der Waals surface area contributed by atoms with Crippen LogP contribution in [-0.2, 0) is 0 Å². The molecule has 1 aromatic carbocycles. The molecule has 0 unspecified atom stereocenters. The summed E-state index contributed by atoms with van der Waals surface area (Å²) in [5.74, 6) is -0.274. The van der Waals surface area contributed by atoms with E-state index in [2.05, 4.69) is 20.5 Å². The molecule has 4 aromatic rings. The number of amides is 1. The van der Waals surface area contributed by atoms with Crippen LogP contribution in [0.5, 0.6) is 0 Å². The lowest BCUT2D eigenvalue weighted by Gasteiger charge is -2.08. The second-order valence-corrected chi connectivity index (χ2v) is 6.93. The molecule has 3 aromatic heterocycles. The molecular weight excluding hydrogens is 356 g/mol. The predicted molar refractivity (Wildman–Crippen MR) is 109 cm³/mol. The Bertz CT molecular complexity index is 1140. The first-order chi connectivity index (χ1) is 13.2. The van der Waals surface area contributed by atoms with E-state index in [1.807, 2.05) is 54.8 Å². The molecular formula is C21H16N4OS. The first-order valence-corrected chi connectivity index (χ1v) is 9.28. The topological polar surface area (TPSA) is 67.2 Å². The Labute approximate surface area is 160 Å². The molecule has 1 N–H and O–H groups in total. The summed E-state index contributed by atoms with van der Waals surface area (Å²) in [6, 6.07) is 15.1. The predicted octanol–water partition coefficient (Wildman–Crippen LogP) is 4.43. The van der Waals surface area contributed by atoms with Gasteiger partial charge in [-0.3, -0.25) is 9.78 Å². The van der Waals surface area contributed by atoms with Gasteiger partial charge in [0.15, 0.2) is 0 Å². The highest BCUT2D eigenvalue weighted by Gasteiger charge is 2.13. The average molecular weight is 372 g/mol. The van der Waals surface area contributed by atoms with Crippen molar-refractivity contribution in [2.24, 2.45) is 5.10 Å². The highest BCUT2D eigenvalue weighted by molar-refractivity contribution is 7.11. The zero-order chi connectivity index (χ0) is 18.6. The van der Waals surface area contributed by atoms with Crippen LogP contribution in [0.4, 0.5) is 0 Å². The summed E-state index contributed by atoms with van der Waals surface area (Å²) in [7, 11) is 0. The van der Waals surface area contributed by atoms with Gasteiger partial charge in [0.05, 0.1) is 23.0 Å². The van der Waals surface area contributed by atoms with Crippen LogP contribution in [0.15, 0.2) is 71.4 Å². The van der Waals surface area contributed by atoms with E-state index in [0.29, 0.717) is 11.3 Å². The monoisotopic (exact) mass is 372 g/mol. The summed E-state index contributed by atoms with van der Waals surface area (Å²) >= 11 is 1.58. The van der Waals surface area contributed by atoms with Gasteiger partial charge in [-0.15, -0.1) is 11.3 Å². The van der Waals surface area contributed by atoms with Crippen molar-refractivity contribution in [3.8, 4) is 11.3 Å². The van der Waals surface area contributed by atoms with Gasteiger partial charge in [-0.1, -0.05) is 18.2 Å². The van der Waals surface area contributed by atoms with Crippen LogP contribution in [-0.4, -0.2) is 22.1 Å². The molecule has 0 radical (unpaired) electrons.